The number of amides is 1. The number of carbonyl (C=O) groups excluding carboxylic acids is 1. The van der Waals surface area contributed by atoms with Gasteiger partial charge in [0.15, 0.2) is 11.5 Å². The standard InChI is InChI=1S/C21H26N6O3/c1-3-25(4-2)17-9-10-26(12-17)21(28)20-11-19(30-24-20)13-29-18-7-5-16(6-8-18)27-15-22-14-23-27/h5-8,11,14-15,17H,3-4,9-10,12-13H2,1-2H3/t17-/m1/s1. The van der Waals surface area contributed by atoms with Gasteiger partial charge in [0.05, 0.1) is 5.69 Å². The van der Waals surface area contributed by atoms with Crippen molar-refractivity contribution in [3.05, 3.63) is 54.4 Å². The van der Waals surface area contributed by atoms with Gasteiger partial charge in [-0.1, -0.05) is 19.0 Å². The lowest BCUT2D eigenvalue weighted by Crippen LogP contribution is -2.38. The monoisotopic (exact) mass is 410 g/mol. The van der Waals surface area contributed by atoms with E-state index in [0.29, 0.717) is 23.2 Å². The molecule has 3 heterocycles. The van der Waals surface area contributed by atoms with Crippen LogP contribution in [0.1, 0.15) is 36.5 Å². The van der Waals surface area contributed by atoms with Crippen molar-refractivity contribution in [3.63, 3.8) is 0 Å². The number of likely N-dealkylation sites (N-methyl/N-ethyl adjacent to an activating group) is 1. The fourth-order valence-corrected chi connectivity index (χ4v) is 3.80. The molecule has 0 spiro atoms. The molecule has 158 valence electrons. The highest BCUT2D eigenvalue weighted by molar-refractivity contribution is 5.92. The Labute approximate surface area is 175 Å². The SMILES string of the molecule is CCN(CC)[C@@H]1CCN(C(=O)c2cc(COc3ccc(-n4cncn4)cc3)on2)C1. The fourth-order valence-electron chi connectivity index (χ4n) is 3.80. The van der Waals surface area contributed by atoms with Crippen LogP contribution in [0.25, 0.3) is 5.69 Å². The summed E-state index contributed by atoms with van der Waals surface area (Å²) >= 11 is 0. The van der Waals surface area contributed by atoms with Gasteiger partial charge in [0.25, 0.3) is 5.91 Å². The van der Waals surface area contributed by atoms with Crippen LogP contribution in [0, 0.1) is 0 Å². The topological polar surface area (TPSA) is 89.5 Å². The van der Waals surface area contributed by atoms with Crippen LogP contribution in [0.15, 0.2) is 47.5 Å². The highest BCUT2D eigenvalue weighted by Gasteiger charge is 2.31. The summed E-state index contributed by atoms with van der Waals surface area (Å²) < 4.78 is 12.7. The first-order valence-electron chi connectivity index (χ1n) is 10.2. The highest BCUT2D eigenvalue weighted by Crippen LogP contribution is 2.19. The zero-order chi connectivity index (χ0) is 20.9. The molecule has 9 nitrogen and oxygen atoms in total. The van der Waals surface area contributed by atoms with Gasteiger partial charge in [0.2, 0.25) is 0 Å². The summed E-state index contributed by atoms with van der Waals surface area (Å²) in [6, 6.07) is 9.54. The van der Waals surface area contributed by atoms with Gasteiger partial charge in [-0.2, -0.15) is 5.10 Å². The summed E-state index contributed by atoms with van der Waals surface area (Å²) in [6.45, 7) is 7.97. The molecule has 9 heteroatoms. The number of likely N-dealkylation sites (tertiary alicyclic amines) is 1. The van der Waals surface area contributed by atoms with Crippen LogP contribution in [0.3, 0.4) is 0 Å². The third-order valence-electron chi connectivity index (χ3n) is 5.46. The van der Waals surface area contributed by atoms with E-state index in [9.17, 15) is 4.79 Å². The lowest BCUT2D eigenvalue weighted by molar-refractivity contribution is 0.0767. The fraction of sp³-hybridized carbons (Fsp3) is 0.429. The molecule has 1 aliphatic heterocycles. The average Bonchev–Trinajstić information content (AvgIpc) is 3.55. The largest absolute Gasteiger partial charge is 0.486 e. The van der Waals surface area contributed by atoms with E-state index in [1.165, 1.54) is 6.33 Å². The van der Waals surface area contributed by atoms with Crippen molar-refractivity contribution in [2.24, 2.45) is 0 Å². The number of nitrogens with zero attached hydrogens (tertiary/aromatic N) is 6. The molecule has 0 bridgehead atoms. The molecule has 4 rings (SSSR count). The van der Waals surface area contributed by atoms with Gasteiger partial charge in [-0.15, -0.1) is 0 Å². The normalized spacial score (nSPS) is 16.4. The van der Waals surface area contributed by atoms with Crippen LogP contribution in [-0.2, 0) is 6.61 Å². The summed E-state index contributed by atoms with van der Waals surface area (Å²) in [7, 11) is 0. The van der Waals surface area contributed by atoms with Crippen molar-refractivity contribution in [2.75, 3.05) is 26.2 Å². The minimum Gasteiger partial charge on any atom is -0.486 e. The van der Waals surface area contributed by atoms with E-state index in [0.717, 1.165) is 38.3 Å². The number of ether oxygens (including phenoxy) is 1. The molecule has 0 radical (unpaired) electrons. The van der Waals surface area contributed by atoms with Crippen molar-refractivity contribution in [1.82, 2.24) is 29.7 Å². The lowest BCUT2D eigenvalue weighted by Gasteiger charge is -2.25. The van der Waals surface area contributed by atoms with Crippen molar-refractivity contribution in [2.45, 2.75) is 32.9 Å². The van der Waals surface area contributed by atoms with Crippen LogP contribution in [-0.4, -0.2) is 67.8 Å². The predicted molar refractivity (Wildman–Crippen MR) is 109 cm³/mol. The summed E-state index contributed by atoms with van der Waals surface area (Å²) in [5, 5.41) is 8.04. The van der Waals surface area contributed by atoms with E-state index in [-0.39, 0.29) is 12.5 Å². The van der Waals surface area contributed by atoms with Gasteiger partial charge < -0.3 is 14.2 Å². The molecule has 0 aliphatic carbocycles. The van der Waals surface area contributed by atoms with Crippen LogP contribution in [0.2, 0.25) is 0 Å². The number of hydrogen-bond donors (Lipinski definition) is 0. The number of carbonyl (C=O) groups is 1. The summed E-state index contributed by atoms with van der Waals surface area (Å²) in [5.41, 5.74) is 1.22. The van der Waals surface area contributed by atoms with Gasteiger partial charge in [0.1, 0.15) is 25.0 Å². The first-order valence-corrected chi connectivity index (χ1v) is 10.2. The van der Waals surface area contributed by atoms with Gasteiger partial charge in [-0.25, -0.2) is 9.67 Å². The molecule has 2 aromatic heterocycles. The summed E-state index contributed by atoms with van der Waals surface area (Å²) in [5.74, 6) is 1.11. The number of rotatable bonds is 8. The summed E-state index contributed by atoms with van der Waals surface area (Å²) in [4.78, 5) is 20.9. The van der Waals surface area contributed by atoms with Crippen molar-refractivity contribution >= 4 is 5.91 Å². The Hall–Kier alpha value is -3.20. The Morgan fingerprint density at radius 1 is 1.27 bits per heavy atom. The molecule has 30 heavy (non-hydrogen) atoms. The van der Waals surface area contributed by atoms with Gasteiger partial charge in [0, 0.05) is 25.2 Å². The van der Waals surface area contributed by atoms with E-state index in [1.807, 2.05) is 29.2 Å². The molecule has 1 aromatic carbocycles. The molecule has 1 saturated heterocycles. The third kappa shape index (κ3) is 4.35. The predicted octanol–water partition coefficient (Wildman–Crippen LogP) is 2.39. The van der Waals surface area contributed by atoms with Crippen molar-refractivity contribution < 1.29 is 14.1 Å². The van der Waals surface area contributed by atoms with Crippen molar-refractivity contribution in [1.29, 1.82) is 0 Å². The Balaban J connectivity index is 1.31. The second-order valence-electron chi connectivity index (χ2n) is 7.22. The van der Waals surface area contributed by atoms with Crippen LogP contribution < -0.4 is 4.74 Å². The molecule has 1 amide bonds. The van der Waals surface area contributed by atoms with E-state index < -0.39 is 0 Å². The van der Waals surface area contributed by atoms with Crippen molar-refractivity contribution in [3.8, 4) is 11.4 Å². The average molecular weight is 410 g/mol. The molecule has 0 N–H and O–H groups in total. The van der Waals surface area contributed by atoms with Crippen LogP contribution in [0.4, 0.5) is 0 Å². The van der Waals surface area contributed by atoms with E-state index in [4.69, 9.17) is 9.26 Å². The molecular formula is C21H26N6O3. The molecule has 1 aliphatic rings. The minimum atomic E-state index is -0.0863. The first-order chi connectivity index (χ1) is 14.7. The quantitative estimate of drug-likeness (QED) is 0.563. The minimum absolute atomic E-state index is 0.0863. The Kier molecular flexibility index (Phi) is 6.08. The van der Waals surface area contributed by atoms with Gasteiger partial charge in [-0.05, 0) is 43.8 Å². The smallest absolute Gasteiger partial charge is 0.276 e. The van der Waals surface area contributed by atoms with E-state index in [1.54, 1.807) is 17.1 Å². The Bertz CT molecular complexity index is 950. The second-order valence-corrected chi connectivity index (χ2v) is 7.22. The maximum atomic E-state index is 12.8. The Morgan fingerprint density at radius 2 is 2.07 bits per heavy atom. The number of hydrogen-bond acceptors (Lipinski definition) is 7. The number of aromatic nitrogens is 4. The molecule has 1 atom stereocenters. The summed E-state index contributed by atoms with van der Waals surface area (Å²) in [6.07, 6.45) is 4.11. The molecule has 0 unspecified atom stereocenters. The number of benzene rings is 1. The molecular weight excluding hydrogens is 384 g/mol. The van der Waals surface area contributed by atoms with Gasteiger partial charge >= 0.3 is 0 Å². The maximum absolute atomic E-state index is 12.8. The zero-order valence-electron chi connectivity index (χ0n) is 17.3. The molecule has 3 aromatic rings. The first kappa shape index (κ1) is 20.1. The van der Waals surface area contributed by atoms with E-state index in [2.05, 4.69) is 34.0 Å². The molecule has 0 saturated carbocycles. The third-order valence-corrected chi connectivity index (χ3v) is 5.46. The van der Waals surface area contributed by atoms with Gasteiger partial charge in [-0.3, -0.25) is 9.69 Å². The maximum Gasteiger partial charge on any atom is 0.276 e. The highest BCUT2D eigenvalue weighted by atomic mass is 16.5. The zero-order valence-corrected chi connectivity index (χ0v) is 17.3. The molecule has 1 fully saturated rings. The lowest BCUT2D eigenvalue weighted by atomic mass is 10.2. The van der Waals surface area contributed by atoms with Crippen LogP contribution >= 0.6 is 0 Å². The second kappa shape index (κ2) is 9.08. The van der Waals surface area contributed by atoms with E-state index >= 15 is 0 Å². The van der Waals surface area contributed by atoms with Crippen LogP contribution in [0.5, 0.6) is 5.75 Å². The Morgan fingerprint density at radius 3 is 2.77 bits per heavy atom.